The largest absolute Gasteiger partial charge is 0.393 e. The molecule has 1 saturated heterocycles. The minimum Gasteiger partial charge on any atom is -0.348 e. The van der Waals surface area contributed by atoms with Crippen molar-refractivity contribution < 1.29 is 22.0 Å². The quantitative estimate of drug-likeness (QED) is 0.459. The summed E-state index contributed by atoms with van der Waals surface area (Å²) >= 11 is 5.58. The van der Waals surface area contributed by atoms with E-state index in [4.69, 9.17) is 12.2 Å². The summed E-state index contributed by atoms with van der Waals surface area (Å²) in [5.41, 5.74) is 0.558. The van der Waals surface area contributed by atoms with Gasteiger partial charge in [0.05, 0.1) is 5.92 Å². The molecule has 0 amide bonds. The zero-order valence-corrected chi connectivity index (χ0v) is 13.6. The fourth-order valence-electron chi connectivity index (χ4n) is 2.35. The van der Waals surface area contributed by atoms with Crippen molar-refractivity contribution in [3.8, 4) is 0 Å². The van der Waals surface area contributed by atoms with Crippen LogP contribution in [0.3, 0.4) is 0 Å². The van der Waals surface area contributed by atoms with Crippen LogP contribution >= 0.6 is 24.0 Å². The molecule has 0 bridgehead atoms. The highest BCUT2D eigenvalue weighted by Gasteiger charge is 2.42. The molecule has 128 valence electrons. The van der Waals surface area contributed by atoms with Gasteiger partial charge in [0.25, 0.3) is 5.76 Å². The number of anilines is 1. The third-order valence-electron chi connectivity index (χ3n) is 3.50. The zero-order valence-electron chi connectivity index (χ0n) is 11.9. The van der Waals surface area contributed by atoms with Crippen LogP contribution in [0.1, 0.15) is 12.8 Å². The molecular weight excluding hydrogens is 355 g/mol. The number of likely N-dealkylation sites (tertiary alicyclic amines) is 1. The average molecular weight is 370 g/mol. The van der Waals surface area contributed by atoms with E-state index in [1.807, 2.05) is 0 Å². The molecule has 2 rings (SSSR count). The SMILES string of the molecule is FC(F)Sc1ccc(NC(=S)N2CCCC(C(F)(F)F)C2)cc1. The molecule has 23 heavy (non-hydrogen) atoms. The van der Waals surface area contributed by atoms with Crippen LogP contribution < -0.4 is 5.32 Å². The summed E-state index contributed by atoms with van der Waals surface area (Å²) in [4.78, 5) is 1.91. The zero-order chi connectivity index (χ0) is 17.0. The second-order valence-corrected chi connectivity index (χ2v) is 6.61. The van der Waals surface area contributed by atoms with Crippen molar-refractivity contribution >= 4 is 34.8 Å². The van der Waals surface area contributed by atoms with Crippen molar-refractivity contribution in [2.24, 2.45) is 5.92 Å². The lowest BCUT2D eigenvalue weighted by atomic mass is 9.98. The van der Waals surface area contributed by atoms with E-state index in [0.717, 1.165) is 0 Å². The molecule has 0 aliphatic carbocycles. The van der Waals surface area contributed by atoms with Crippen molar-refractivity contribution in [2.45, 2.75) is 29.7 Å². The van der Waals surface area contributed by atoms with Gasteiger partial charge in [0.1, 0.15) is 0 Å². The third-order valence-corrected chi connectivity index (χ3v) is 4.59. The van der Waals surface area contributed by atoms with E-state index in [1.54, 1.807) is 12.1 Å². The van der Waals surface area contributed by atoms with Crippen molar-refractivity contribution in [1.29, 1.82) is 0 Å². The smallest absolute Gasteiger partial charge is 0.348 e. The number of thioether (sulfide) groups is 1. The molecule has 2 nitrogen and oxygen atoms in total. The van der Waals surface area contributed by atoms with Gasteiger partial charge < -0.3 is 10.2 Å². The molecule has 1 aliphatic heterocycles. The van der Waals surface area contributed by atoms with Gasteiger partial charge in [0.2, 0.25) is 0 Å². The lowest BCUT2D eigenvalue weighted by Gasteiger charge is -2.35. The minimum atomic E-state index is -4.22. The van der Waals surface area contributed by atoms with Gasteiger partial charge in [-0.3, -0.25) is 0 Å². The maximum absolute atomic E-state index is 12.8. The molecule has 1 aromatic carbocycles. The van der Waals surface area contributed by atoms with Crippen LogP contribution in [0.25, 0.3) is 0 Å². The summed E-state index contributed by atoms with van der Waals surface area (Å²) < 4.78 is 62.9. The van der Waals surface area contributed by atoms with Crippen LogP contribution in [-0.2, 0) is 0 Å². The average Bonchev–Trinajstić information content (AvgIpc) is 2.48. The van der Waals surface area contributed by atoms with Crippen LogP contribution in [-0.4, -0.2) is 35.0 Å². The Balaban J connectivity index is 1.93. The Bertz CT molecular complexity index is 533. The molecule has 1 fully saturated rings. The second-order valence-electron chi connectivity index (χ2n) is 5.16. The first-order valence-corrected chi connectivity index (χ1v) is 8.22. The summed E-state index contributed by atoms with van der Waals surface area (Å²) in [6.07, 6.45) is -3.68. The molecule has 0 radical (unpaired) electrons. The fourth-order valence-corrected chi connectivity index (χ4v) is 3.13. The first-order chi connectivity index (χ1) is 10.8. The maximum atomic E-state index is 12.8. The molecule has 0 spiro atoms. The second kappa shape index (κ2) is 7.65. The minimum absolute atomic E-state index is 0.113. The fraction of sp³-hybridized carbons (Fsp3) is 0.500. The molecule has 0 saturated carbocycles. The number of piperidine rings is 1. The molecule has 0 aromatic heterocycles. The number of alkyl halides is 5. The molecule has 1 aliphatic rings. The molecule has 1 heterocycles. The summed E-state index contributed by atoms with van der Waals surface area (Å²) in [6.45, 7) is 0.312. The predicted molar refractivity (Wildman–Crippen MR) is 84.9 cm³/mol. The van der Waals surface area contributed by atoms with Crippen LogP contribution in [0.4, 0.5) is 27.6 Å². The van der Waals surface area contributed by atoms with Gasteiger partial charge in [-0.2, -0.15) is 22.0 Å². The number of rotatable bonds is 3. The summed E-state index contributed by atoms with van der Waals surface area (Å²) in [7, 11) is 0. The monoisotopic (exact) mass is 370 g/mol. The van der Waals surface area contributed by atoms with Gasteiger partial charge in [-0.25, -0.2) is 0 Å². The van der Waals surface area contributed by atoms with E-state index in [0.29, 0.717) is 35.3 Å². The van der Waals surface area contributed by atoms with Crippen molar-refractivity contribution in [2.75, 3.05) is 18.4 Å². The van der Waals surface area contributed by atoms with Gasteiger partial charge >= 0.3 is 6.18 Å². The molecule has 9 heteroatoms. The Morgan fingerprint density at radius 1 is 1.26 bits per heavy atom. The first kappa shape index (κ1) is 18.3. The van der Waals surface area contributed by atoms with Crippen molar-refractivity contribution in [1.82, 2.24) is 4.90 Å². The third kappa shape index (κ3) is 5.49. The van der Waals surface area contributed by atoms with Gasteiger partial charge in [-0.1, -0.05) is 11.8 Å². The lowest BCUT2D eigenvalue weighted by molar-refractivity contribution is -0.183. The molecule has 1 unspecified atom stereocenters. The summed E-state index contributed by atoms with van der Waals surface area (Å²) in [6, 6.07) is 6.16. The number of benzene rings is 1. The topological polar surface area (TPSA) is 15.3 Å². The number of nitrogens with one attached hydrogen (secondary N) is 1. The van der Waals surface area contributed by atoms with Crippen LogP contribution in [0.15, 0.2) is 29.2 Å². The van der Waals surface area contributed by atoms with E-state index in [1.165, 1.54) is 17.0 Å². The molecule has 1 atom stereocenters. The molecule has 1 N–H and O–H groups in total. The number of hydrogen-bond acceptors (Lipinski definition) is 2. The van der Waals surface area contributed by atoms with E-state index < -0.39 is 17.9 Å². The van der Waals surface area contributed by atoms with Gasteiger partial charge in [0, 0.05) is 23.7 Å². The lowest BCUT2D eigenvalue weighted by Crippen LogP contribution is -2.46. The van der Waals surface area contributed by atoms with E-state index >= 15 is 0 Å². The van der Waals surface area contributed by atoms with Gasteiger partial charge in [-0.05, 0) is 49.3 Å². The standard InChI is InChI=1S/C14H15F5N2S2/c15-12(16)23-11-5-3-10(4-6-11)20-13(22)21-7-1-2-9(8-21)14(17,18)19/h3-6,9,12H,1-2,7-8H2,(H,20,22). The van der Waals surface area contributed by atoms with E-state index in [2.05, 4.69) is 5.32 Å². The maximum Gasteiger partial charge on any atom is 0.393 e. The first-order valence-electron chi connectivity index (χ1n) is 6.93. The Kier molecular flexibility index (Phi) is 6.07. The Hall–Kier alpha value is -1.09. The number of halogens is 5. The highest BCUT2D eigenvalue weighted by Crippen LogP contribution is 2.33. The highest BCUT2D eigenvalue weighted by molar-refractivity contribution is 7.99. The van der Waals surface area contributed by atoms with E-state index in [-0.39, 0.29) is 18.1 Å². The molecule has 1 aromatic rings. The van der Waals surface area contributed by atoms with Crippen LogP contribution in [0.2, 0.25) is 0 Å². The Morgan fingerprint density at radius 2 is 1.91 bits per heavy atom. The summed E-state index contributed by atoms with van der Waals surface area (Å²) in [5.74, 6) is -3.87. The normalized spacial score (nSPS) is 19.0. The molecular formula is C14H15F5N2S2. The van der Waals surface area contributed by atoms with Gasteiger partial charge in [0.15, 0.2) is 5.11 Å². The summed E-state index contributed by atoms with van der Waals surface area (Å²) in [5, 5.41) is 3.07. The Labute approximate surface area is 140 Å². The Morgan fingerprint density at radius 3 is 2.48 bits per heavy atom. The number of thiocarbonyl (C=S) groups is 1. The predicted octanol–water partition coefficient (Wildman–Crippen LogP) is 4.97. The van der Waals surface area contributed by atoms with Gasteiger partial charge in [-0.15, -0.1) is 0 Å². The van der Waals surface area contributed by atoms with Crippen LogP contribution in [0.5, 0.6) is 0 Å². The van der Waals surface area contributed by atoms with Crippen molar-refractivity contribution in [3.63, 3.8) is 0 Å². The van der Waals surface area contributed by atoms with E-state index in [9.17, 15) is 22.0 Å². The number of nitrogens with zero attached hydrogens (tertiary/aromatic N) is 1. The van der Waals surface area contributed by atoms with Crippen LogP contribution in [0, 0.1) is 5.92 Å². The highest BCUT2D eigenvalue weighted by atomic mass is 32.2. The van der Waals surface area contributed by atoms with Crippen molar-refractivity contribution in [3.05, 3.63) is 24.3 Å². The number of hydrogen-bond donors (Lipinski definition) is 1.